The minimum Gasteiger partial charge on any atom is -0.383 e. The summed E-state index contributed by atoms with van der Waals surface area (Å²) in [6, 6.07) is 8.27. The summed E-state index contributed by atoms with van der Waals surface area (Å²) < 4.78 is 6.17. The first-order chi connectivity index (χ1) is 5.83. The van der Waals surface area contributed by atoms with E-state index in [-0.39, 0.29) is 0 Å². The number of halogens is 1. The maximum Gasteiger partial charge on any atom is 0.0635 e. The van der Waals surface area contributed by atoms with E-state index in [1.807, 2.05) is 6.07 Å². The van der Waals surface area contributed by atoms with Gasteiger partial charge in [-0.1, -0.05) is 6.07 Å². The van der Waals surface area contributed by atoms with Gasteiger partial charge in [0.05, 0.1) is 6.61 Å². The van der Waals surface area contributed by atoms with Gasteiger partial charge in [0.2, 0.25) is 0 Å². The van der Waals surface area contributed by atoms with Crippen LogP contribution in [0.4, 0.5) is 5.69 Å². The molecule has 3 heteroatoms. The van der Waals surface area contributed by atoms with Gasteiger partial charge in [0.15, 0.2) is 0 Å². The van der Waals surface area contributed by atoms with Crippen LogP contribution in [0.5, 0.6) is 0 Å². The molecule has 0 aliphatic heterocycles. The van der Waals surface area contributed by atoms with Gasteiger partial charge in [-0.2, -0.15) is 0 Å². The molecule has 0 aliphatic rings. The minimum absolute atomic E-state index is 0.742. The molecule has 0 saturated carbocycles. The van der Waals surface area contributed by atoms with Gasteiger partial charge in [0.25, 0.3) is 0 Å². The second kappa shape index (κ2) is 5.37. The maximum atomic E-state index is 4.93. The molecule has 0 aliphatic carbocycles. The first-order valence-corrected chi connectivity index (χ1v) is 4.89. The number of rotatable bonds is 4. The highest BCUT2D eigenvalue weighted by Crippen LogP contribution is 2.11. The van der Waals surface area contributed by atoms with Crippen molar-refractivity contribution >= 4 is 28.3 Å². The number of hydrogen-bond donors (Lipinski definition) is 1. The Hall–Kier alpha value is -0.290. The lowest BCUT2D eigenvalue weighted by atomic mass is 10.3. The monoisotopic (exact) mass is 277 g/mol. The van der Waals surface area contributed by atoms with E-state index in [0.29, 0.717) is 0 Å². The molecule has 1 N–H and O–H groups in total. The van der Waals surface area contributed by atoms with Crippen LogP contribution in [0, 0.1) is 3.57 Å². The fourth-order valence-corrected chi connectivity index (χ4v) is 1.44. The zero-order chi connectivity index (χ0) is 8.81. The third-order valence-corrected chi connectivity index (χ3v) is 2.13. The molecule has 0 heterocycles. The summed E-state index contributed by atoms with van der Waals surface area (Å²) in [7, 11) is 1.70. The molecule has 1 aromatic rings. The Morgan fingerprint density at radius 2 is 2.33 bits per heavy atom. The Labute approximate surface area is 86.5 Å². The van der Waals surface area contributed by atoms with Crippen molar-refractivity contribution in [1.29, 1.82) is 0 Å². The zero-order valence-corrected chi connectivity index (χ0v) is 9.17. The van der Waals surface area contributed by atoms with Gasteiger partial charge in [0, 0.05) is 22.9 Å². The SMILES string of the molecule is COCCNc1cccc(I)c1. The van der Waals surface area contributed by atoms with E-state index in [2.05, 4.69) is 46.1 Å². The summed E-state index contributed by atoms with van der Waals surface area (Å²) >= 11 is 2.30. The fraction of sp³-hybridized carbons (Fsp3) is 0.333. The molecule has 12 heavy (non-hydrogen) atoms. The van der Waals surface area contributed by atoms with Crippen molar-refractivity contribution in [3.8, 4) is 0 Å². The summed E-state index contributed by atoms with van der Waals surface area (Å²) in [5, 5.41) is 3.26. The maximum absolute atomic E-state index is 4.93. The molecular weight excluding hydrogens is 265 g/mol. The van der Waals surface area contributed by atoms with Crippen molar-refractivity contribution in [2.24, 2.45) is 0 Å². The van der Waals surface area contributed by atoms with Crippen molar-refractivity contribution in [2.45, 2.75) is 0 Å². The molecule has 0 atom stereocenters. The molecule has 0 amide bonds. The third-order valence-electron chi connectivity index (χ3n) is 1.46. The summed E-state index contributed by atoms with van der Waals surface area (Å²) in [6.45, 7) is 1.60. The van der Waals surface area contributed by atoms with Gasteiger partial charge in [-0.3, -0.25) is 0 Å². The largest absolute Gasteiger partial charge is 0.383 e. The lowest BCUT2D eigenvalue weighted by Crippen LogP contribution is -2.07. The molecule has 0 spiro atoms. The molecule has 0 aromatic heterocycles. The van der Waals surface area contributed by atoms with Gasteiger partial charge in [-0.25, -0.2) is 0 Å². The van der Waals surface area contributed by atoms with Crippen LogP contribution in [0.1, 0.15) is 0 Å². The molecule has 0 bridgehead atoms. The van der Waals surface area contributed by atoms with Crippen LogP contribution in [-0.2, 0) is 4.74 Å². The second-order valence-electron chi connectivity index (χ2n) is 2.43. The molecule has 0 radical (unpaired) electrons. The van der Waals surface area contributed by atoms with Gasteiger partial charge >= 0.3 is 0 Å². The van der Waals surface area contributed by atoms with Crippen LogP contribution in [0.25, 0.3) is 0 Å². The van der Waals surface area contributed by atoms with Crippen LogP contribution in [0.15, 0.2) is 24.3 Å². The zero-order valence-electron chi connectivity index (χ0n) is 7.01. The number of ether oxygens (including phenoxy) is 1. The lowest BCUT2D eigenvalue weighted by Gasteiger charge is -2.04. The predicted molar refractivity (Wildman–Crippen MR) is 59.5 cm³/mol. The Balaban J connectivity index is 2.41. The normalized spacial score (nSPS) is 9.83. The van der Waals surface area contributed by atoms with Gasteiger partial charge in [0.1, 0.15) is 0 Å². The van der Waals surface area contributed by atoms with Crippen LogP contribution in [-0.4, -0.2) is 20.3 Å². The molecule has 1 rings (SSSR count). The van der Waals surface area contributed by atoms with E-state index < -0.39 is 0 Å². The first kappa shape index (κ1) is 9.80. The highest BCUT2D eigenvalue weighted by atomic mass is 127. The standard InChI is InChI=1S/C9H12INO/c1-12-6-5-11-9-4-2-3-8(10)7-9/h2-4,7,11H,5-6H2,1H3. The predicted octanol–water partition coefficient (Wildman–Crippen LogP) is 2.35. The Kier molecular flexibility index (Phi) is 4.39. The first-order valence-electron chi connectivity index (χ1n) is 3.81. The smallest absolute Gasteiger partial charge is 0.0635 e. The topological polar surface area (TPSA) is 21.3 Å². The molecule has 66 valence electrons. The fourth-order valence-electron chi connectivity index (χ4n) is 0.896. The lowest BCUT2D eigenvalue weighted by molar-refractivity contribution is 0.211. The average Bonchev–Trinajstić information content (AvgIpc) is 2.05. The van der Waals surface area contributed by atoms with E-state index in [0.717, 1.165) is 18.8 Å². The number of anilines is 1. The van der Waals surface area contributed by atoms with Gasteiger partial charge in [-0.05, 0) is 40.8 Å². The molecule has 2 nitrogen and oxygen atoms in total. The van der Waals surface area contributed by atoms with Crippen molar-refractivity contribution in [2.75, 3.05) is 25.6 Å². The van der Waals surface area contributed by atoms with Crippen LogP contribution in [0.3, 0.4) is 0 Å². The molecule has 0 fully saturated rings. The van der Waals surface area contributed by atoms with E-state index >= 15 is 0 Å². The van der Waals surface area contributed by atoms with Crippen LogP contribution in [0.2, 0.25) is 0 Å². The van der Waals surface area contributed by atoms with Crippen LogP contribution < -0.4 is 5.32 Å². The summed E-state index contributed by atoms with van der Waals surface area (Å²) in [5.41, 5.74) is 1.15. The van der Waals surface area contributed by atoms with Crippen molar-refractivity contribution in [3.63, 3.8) is 0 Å². The average molecular weight is 277 g/mol. The van der Waals surface area contributed by atoms with E-state index in [9.17, 15) is 0 Å². The molecule has 1 aromatic carbocycles. The van der Waals surface area contributed by atoms with Crippen molar-refractivity contribution < 1.29 is 4.74 Å². The van der Waals surface area contributed by atoms with E-state index in [4.69, 9.17) is 4.74 Å². The summed E-state index contributed by atoms with van der Waals surface area (Å²) in [5.74, 6) is 0. The van der Waals surface area contributed by atoms with E-state index in [1.165, 1.54) is 3.57 Å². The number of hydrogen-bond acceptors (Lipinski definition) is 2. The van der Waals surface area contributed by atoms with Crippen LogP contribution >= 0.6 is 22.6 Å². The Bertz CT molecular complexity index is 240. The molecule has 0 saturated heterocycles. The Morgan fingerprint density at radius 1 is 1.50 bits per heavy atom. The highest BCUT2D eigenvalue weighted by Gasteiger charge is 1.90. The Morgan fingerprint density at radius 3 is 3.00 bits per heavy atom. The van der Waals surface area contributed by atoms with Crippen molar-refractivity contribution in [1.82, 2.24) is 0 Å². The molecule has 0 unspecified atom stereocenters. The second-order valence-corrected chi connectivity index (χ2v) is 3.68. The minimum atomic E-state index is 0.742. The summed E-state index contributed by atoms with van der Waals surface area (Å²) in [6.07, 6.45) is 0. The quantitative estimate of drug-likeness (QED) is 0.673. The molecular formula is C9H12INO. The van der Waals surface area contributed by atoms with Crippen molar-refractivity contribution in [3.05, 3.63) is 27.8 Å². The third kappa shape index (κ3) is 3.40. The number of nitrogens with one attached hydrogen (secondary N) is 1. The van der Waals surface area contributed by atoms with E-state index in [1.54, 1.807) is 7.11 Å². The number of benzene rings is 1. The highest BCUT2D eigenvalue weighted by molar-refractivity contribution is 14.1. The van der Waals surface area contributed by atoms with Gasteiger partial charge in [-0.15, -0.1) is 0 Å². The summed E-state index contributed by atoms with van der Waals surface area (Å²) in [4.78, 5) is 0. The number of methoxy groups -OCH3 is 1. The van der Waals surface area contributed by atoms with Gasteiger partial charge < -0.3 is 10.1 Å².